The minimum absolute atomic E-state index is 0.0815. The number of thiazole rings is 1. The van der Waals surface area contributed by atoms with Crippen LogP contribution >= 0.6 is 11.3 Å². The number of nitrogens with two attached hydrogens (primary N) is 1. The minimum Gasteiger partial charge on any atom is -0.376 e. The average molecular weight is 270 g/mol. The minimum atomic E-state index is 0.0815. The third-order valence-electron chi connectivity index (χ3n) is 3.19. The monoisotopic (exact) mass is 270 g/mol. The van der Waals surface area contributed by atoms with Crippen LogP contribution in [0.4, 0.5) is 0 Å². The molecule has 1 heterocycles. The van der Waals surface area contributed by atoms with Crippen LogP contribution in [0.15, 0.2) is 5.51 Å². The SMILES string of the molecule is CCC(N)C(OCCc1scnc1C)C(C)(C)C. The van der Waals surface area contributed by atoms with Crippen molar-refractivity contribution in [2.24, 2.45) is 11.1 Å². The summed E-state index contributed by atoms with van der Waals surface area (Å²) in [5, 5.41) is 0. The fraction of sp³-hybridized carbons (Fsp3) is 0.786. The van der Waals surface area contributed by atoms with E-state index in [1.807, 2.05) is 12.4 Å². The Kier molecular flexibility index (Phi) is 5.76. The van der Waals surface area contributed by atoms with Gasteiger partial charge in [-0.1, -0.05) is 27.7 Å². The van der Waals surface area contributed by atoms with E-state index >= 15 is 0 Å². The van der Waals surface area contributed by atoms with E-state index in [1.165, 1.54) is 4.88 Å². The number of rotatable bonds is 6. The summed E-state index contributed by atoms with van der Waals surface area (Å²) in [6.45, 7) is 11.4. The number of hydrogen-bond acceptors (Lipinski definition) is 4. The second-order valence-electron chi connectivity index (χ2n) is 5.84. The van der Waals surface area contributed by atoms with Crippen LogP contribution in [0.5, 0.6) is 0 Å². The Morgan fingerprint density at radius 3 is 2.56 bits per heavy atom. The smallest absolute Gasteiger partial charge is 0.0797 e. The normalized spacial score (nSPS) is 15.7. The van der Waals surface area contributed by atoms with Gasteiger partial charge in [-0.3, -0.25) is 0 Å². The van der Waals surface area contributed by atoms with Crippen LogP contribution in [0.2, 0.25) is 0 Å². The van der Waals surface area contributed by atoms with E-state index in [-0.39, 0.29) is 17.6 Å². The first-order valence-corrected chi connectivity index (χ1v) is 7.50. The molecule has 1 aromatic heterocycles. The molecule has 0 saturated heterocycles. The Bertz CT molecular complexity index is 357. The Hall–Kier alpha value is -0.450. The van der Waals surface area contributed by atoms with Gasteiger partial charge >= 0.3 is 0 Å². The summed E-state index contributed by atoms with van der Waals surface area (Å²) in [6.07, 6.45) is 1.98. The van der Waals surface area contributed by atoms with Crippen molar-refractivity contribution in [3.8, 4) is 0 Å². The Morgan fingerprint density at radius 1 is 1.44 bits per heavy atom. The lowest BCUT2D eigenvalue weighted by atomic mass is 9.84. The highest BCUT2D eigenvalue weighted by Crippen LogP contribution is 2.26. The van der Waals surface area contributed by atoms with Gasteiger partial charge in [-0.2, -0.15) is 0 Å². The van der Waals surface area contributed by atoms with E-state index in [0.717, 1.165) is 25.1 Å². The third kappa shape index (κ3) is 4.34. The molecule has 1 rings (SSSR count). The lowest BCUT2D eigenvalue weighted by Crippen LogP contribution is -2.45. The standard InChI is InChI=1S/C14H26N2OS/c1-6-11(15)13(14(3,4)5)17-8-7-12-10(2)16-9-18-12/h9,11,13H,6-8,15H2,1-5H3. The van der Waals surface area contributed by atoms with Gasteiger partial charge in [0.25, 0.3) is 0 Å². The van der Waals surface area contributed by atoms with Gasteiger partial charge in [0.15, 0.2) is 0 Å². The van der Waals surface area contributed by atoms with Crippen molar-refractivity contribution < 1.29 is 4.74 Å². The second kappa shape index (κ2) is 6.64. The van der Waals surface area contributed by atoms with Crippen molar-refractivity contribution in [3.63, 3.8) is 0 Å². The molecule has 0 aliphatic heterocycles. The summed E-state index contributed by atoms with van der Waals surface area (Å²) in [5.41, 5.74) is 9.25. The molecule has 4 heteroatoms. The predicted octanol–water partition coefficient (Wildman–Crippen LogP) is 3.16. The topological polar surface area (TPSA) is 48.1 Å². The van der Waals surface area contributed by atoms with Crippen LogP contribution in [0.3, 0.4) is 0 Å². The zero-order valence-electron chi connectivity index (χ0n) is 12.2. The third-order valence-corrected chi connectivity index (χ3v) is 4.18. The summed E-state index contributed by atoms with van der Waals surface area (Å²) >= 11 is 1.70. The predicted molar refractivity (Wildman–Crippen MR) is 78.0 cm³/mol. The number of aryl methyl sites for hydroxylation is 1. The molecule has 0 amide bonds. The lowest BCUT2D eigenvalue weighted by molar-refractivity contribution is -0.0326. The van der Waals surface area contributed by atoms with E-state index in [4.69, 9.17) is 10.5 Å². The van der Waals surface area contributed by atoms with Crippen LogP contribution < -0.4 is 5.73 Å². The van der Waals surface area contributed by atoms with Crippen molar-refractivity contribution in [3.05, 3.63) is 16.1 Å². The molecular formula is C14H26N2OS. The number of nitrogens with zero attached hydrogens (tertiary/aromatic N) is 1. The highest BCUT2D eigenvalue weighted by atomic mass is 32.1. The molecule has 104 valence electrons. The molecule has 0 aliphatic rings. The summed E-state index contributed by atoms with van der Waals surface area (Å²) < 4.78 is 6.04. The van der Waals surface area contributed by atoms with Crippen molar-refractivity contribution in [1.29, 1.82) is 0 Å². The molecule has 0 radical (unpaired) electrons. The molecule has 3 nitrogen and oxygen atoms in total. The molecule has 0 spiro atoms. The van der Waals surface area contributed by atoms with Crippen molar-refractivity contribution in [2.45, 2.75) is 59.6 Å². The highest BCUT2D eigenvalue weighted by Gasteiger charge is 2.30. The van der Waals surface area contributed by atoms with Gasteiger partial charge < -0.3 is 10.5 Å². The maximum atomic E-state index is 6.16. The van der Waals surface area contributed by atoms with Crippen LogP contribution in [0, 0.1) is 12.3 Å². The summed E-state index contributed by atoms with van der Waals surface area (Å²) in [4.78, 5) is 5.57. The van der Waals surface area contributed by atoms with E-state index in [1.54, 1.807) is 11.3 Å². The van der Waals surface area contributed by atoms with Gasteiger partial charge in [0.2, 0.25) is 0 Å². The highest BCUT2D eigenvalue weighted by molar-refractivity contribution is 7.09. The largest absolute Gasteiger partial charge is 0.376 e. The second-order valence-corrected chi connectivity index (χ2v) is 6.78. The zero-order chi connectivity index (χ0) is 13.8. The van der Waals surface area contributed by atoms with Gasteiger partial charge in [-0.05, 0) is 18.8 Å². The fourth-order valence-corrected chi connectivity index (χ4v) is 2.84. The first kappa shape index (κ1) is 15.6. The molecule has 2 unspecified atom stereocenters. The van der Waals surface area contributed by atoms with E-state index < -0.39 is 0 Å². The number of aromatic nitrogens is 1. The quantitative estimate of drug-likeness (QED) is 0.863. The van der Waals surface area contributed by atoms with Crippen LogP contribution in [-0.4, -0.2) is 23.7 Å². The molecule has 18 heavy (non-hydrogen) atoms. The average Bonchev–Trinajstić information content (AvgIpc) is 2.68. The molecule has 2 atom stereocenters. The van der Waals surface area contributed by atoms with Gasteiger partial charge in [0.1, 0.15) is 0 Å². The van der Waals surface area contributed by atoms with E-state index in [2.05, 4.69) is 32.7 Å². The van der Waals surface area contributed by atoms with Gasteiger partial charge in [-0.15, -0.1) is 11.3 Å². The Morgan fingerprint density at radius 2 is 2.11 bits per heavy atom. The van der Waals surface area contributed by atoms with Crippen molar-refractivity contribution in [2.75, 3.05) is 6.61 Å². The van der Waals surface area contributed by atoms with E-state index in [0.29, 0.717) is 0 Å². The molecule has 1 aromatic rings. The molecule has 2 N–H and O–H groups in total. The summed E-state index contributed by atoms with van der Waals surface area (Å²) in [7, 11) is 0. The maximum absolute atomic E-state index is 6.16. The molecular weight excluding hydrogens is 244 g/mol. The molecule has 0 fully saturated rings. The van der Waals surface area contributed by atoms with Crippen LogP contribution in [0.25, 0.3) is 0 Å². The summed E-state index contributed by atoms with van der Waals surface area (Å²) in [6, 6.07) is 0.104. The first-order valence-electron chi connectivity index (χ1n) is 6.62. The van der Waals surface area contributed by atoms with Crippen LogP contribution in [-0.2, 0) is 11.2 Å². The molecule has 0 saturated carbocycles. The zero-order valence-corrected chi connectivity index (χ0v) is 13.0. The lowest BCUT2D eigenvalue weighted by Gasteiger charge is -2.34. The fourth-order valence-electron chi connectivity index (χ4n) is 2.07. The van der Waals surface area contributed by atoms with Gasteiger partial charge in [0, 0.05) is 17.3 Å². The first-order chi connectivity index (χ1) is 8.36. The summed E-state index contributed by atoms with van der Waals surface area (Å²) in [5.74, 6) is 0. The van der Waals surface area contributed by atoms with Gasteiger partial charge in [0.05, 0.1) is 23.9 Å². The maximum Gasteiger partial charge on any atom is 0.0797 e. The van der Waals surface area contributed by atoms with Crippen molar-refractivity contribution >= 4 is 11.3 Å². The number of hydrogen-bond donors (Lipinski definition) is 1. The van der Waals surface area contributed by atoms with Crippen LogP contribution in [0.1, 0.15) is 44.7 Å². The van der Waals surface area contributed by atoms with E-state index in [9.17, 15) is 0 Å². The molecule has 0 bridgehead atoms. The Labute approximate surface area is 115 Å². The van der Waals surface area contributed by atoms with Crippen molar-refractivity contribution in [1.82, 2.24) is 4.98 Å². The number of ether oxygens (including phenoxy) is 1. The molecule has 0 aliphatic carbocycles. The van der Waals surface area contributed by atoms with Gasteiger partial charge in [-0.25, -0.2) is 4.98 Å². The molecule has 0 aromatic carbocycles. The Balaban J connectivity index is 2.50.